The first-order valence-electron chi connectivity index (χ1n) is 11.1. The molecule has 5 heterocycles. The highest BCUT2D eigenvalue weighted by Gasteiger charge is 2.30. The Bertz CT molecular complexity index is 1110. The minimum absolute atomic E-state index is 0.0764. The average molecular weight is 436 g/mol. The van der Waals surface area contributed by atoms with Gasteiger partial charge in [0.05, 0.1) is 17.2 Å². The van der Waals surface area contributed by atoms with E-state index in [1.165, 1.54) is 5.56 Å². The standard InChI is InChI=1S/C24H30N5OP/c1-4-18-12-19(15-28-14-17(2)25-24(18)28)21-13-22(30)29-16-20(6-7-23(29)31-21)27-9-5-8-26(3)10-11-27/h6-7,12-16,23,31H,4-5,8-11H2,1-3H3. The van der Waals surface area contributed by atoms with E-state index in [0.717, 1.165) is 66.9 Å². The maximum absolute atomic E-state index is 13.1. The van der Waals surface area contributed by atoms with Crippen molar-refractivity contribution in [2.75, 3.05) is 33.2 Å². The molecule has 0 N–H and O–H groups in total. The Morgan fingerprint density at radius 3 is 2.90 bits per heavy atom. The average Bonchev–Trinajstić information content (AvgIpc) is 3.01. The number of allylic oxidation sites excluding steroid dienone is 1. The van der Waals surface area contributed by atoms with Crippen LogP contribution in [0.4, 0.5) is 0 Å². The Labute approximate surface area is 185 Å². The molecule has 0 aromatic carbocycles. The number of rotatable bonds is 3. The molecule has 162 valence electrons. The van der Waals surface area contributed by atoms with E-state index < -0.39 is 0 Å². The number of hydrogen-bond acceptors (Lipinski definition) is 4. The van der Waals surface area contributed by atoms with Crippen LogP contribution in [0.5, 0.6) is 0 Å². The normalized spacial score (nSPS) is 23.2. The Balaban J connectivity index is 1.42. The van der Waals surface area contributed by atoms with E-state index in [1.807, 2.05) is 17.9 Å². The number of aromatic nitrogens is 2. The first-order chi connectivity index (χ1) is 15.0. The van der Waals surface area contributed by atoms with Crippen LogP contribution in [0, 0.1) is 6.92 Å². The van der Waals surface area contributed by atoms with Gasteiger partial charge >= 0.3 is 0 Å². The van der Waals surface area contributed by atoms with Crippen molar-refractivity contribution in [1.82, 2.24) is 24.1 Å². The topological polar surface area (TPSA) is 44.1 Å². The van der Waals surface area contributed by atoms with Gasteiger partial charge in [0.1, 0.15) is 5.65 Å². The van der Waals surface area contributed by atoms with Crippen molar-refractivity contribution in [3.8, 4) is 0 Å². The smallest absolute Gasteiger partial charge is 0.252 e. The lowest BCUT2D eigenvalue weighted by Gasteiger charge is -2.36. The minimum atomic E-state index is 0.0764. The Hall–Kier alpha value is -2.43. The summed E-state index contributed by atoms with van der Waals surface area (Å²) < 4.78 is 2.11. The van der Waals surface area contributed by atoms with Crippen LogP contribution in [0.15, 0.2) is 48.6 Å². The second kappa shape index (κ2) is 8.25. The van der Waals surface area contributed by atoms with Crippen LogP contribution in [0.25, 0.3) is 11.0 Å². The van der Waals surface area contributed by atoms with Crippen LogP contribution in [-0.2, 0) is 11.2 Å². The van der Waals surface area contributed by atoms with Gasteiger partial charge in [-0.2, -0.15) is 0 Å². The molecule has 2 aromatic rings. The zero-order valence-electron chi connectivity index (χ0n) is 18.5. The molecular weight excluding hydrogens is 405 g/mol. The van der Waals surface area contributed by atoms with Gasteiger partial charge in [0, 0.05) is 44.3 Å². The second-order valence-corrected chi connectivity index (χ2v) is 10.1. The molecule has 0 radical (unpaired) electrons. The van der Waals surface area contributed by atoms with Crippen LogP contribution in [0.2, 0.25) is 0 Å². The summed E-state index contributed by atoms with van der Waals surface area (Å²) in [6, 6.07) is 2.21. The molecule has 2 aromatic heterocycles. The van der Waals surface area contributed by atoms with Crippen LogP contribution < -0.4 is 0 Å². The predicted molar refractivity (Wildman–Crippen MR) is 127 cm³/mol. The number of fused-ring (bicyclic) bond motifs is 2. The van der Waals surface area contributed by atoms with E-state index in [2.05, 4.69) is 70.0 Å². The van der Waals surface area contributed by atoms with Crippen molar-refractivity contribution in [1.29, 1.82) is 0 Å². The molecule has 0 bridgehead atoms. The van der Waals surface area contributed by atoms with E-state index in [1.54, 1.807) is 0 Å². The van der Waals surface area contributed by atoms with Gasteiger partial charge in [0.2, 0.25) is 0 Å². The predicted octanol–water partition coefficient (Wildman–Crippen LogP) is 3.44. The lowest BCUT2D eigenvalue weighted by atomic mass is 10.1. The third kappa shape index (κ3) is 3.95. The number of likely N-dealkylation sites (N-methyl/N-ethyl adjacent to an activating group) is 1. The summed E-state index contributed by atoms with van der Waals surface area (Å²) in [6.45, 7) is 8.42. The Kier molecular flexibility index (Phi) is 5.45. The van der Waals surface area contributed by atoms with Gasteiger partial charge in [-0.15, -0.1) is 0 Å². The van der Waals surface area contributed by atoms with E-state index in [-0.39, 0.29) is 11.7 Å². The molecule has 0 saturated carbocycles. The number of aryl methyl sites for hydroxylation is 2. The molecule has 0 aliphatic carbocycles. The van der Waals surface area contributed by atoms with Crippen LogP contribution in [-0.4, -0.2) is 69.0 Å². The van der Waals surface area contributed by atoms with Gasteiger partial charge in [0.25, 0.3) is 5.91 Å². The maximum Gasteiger partial charge on any atom is 0.252 e. The summed E-state index contributed by atoms with van der Waals surface area (Å²) in [7, 11) is 2.71. The van der Waals surface area contributed by atoms with Crippen molar-refractivity contribution < 1.29 is 4.79 Å². The van der Waals surface area contributed by atoms with E-state index in [4.69, 9.17) is 0 Å². The molecule has 1 fully saturated rings. The third-order valence-electron chi connectivity index (χ3n) is 6.37. The van der Waals surface area contributed by atoms with Gasteiger partial charge in [-0.1, -0.05) is 21.6 Å². The van der Waals surface area contributed by atoms with Gasteiger partial charge in [-0.25, -0.2) is 4.98 Å². The minimum Gasteiger partial charge on any atom is -0.369 e. The number of nitrogens with zero attached hydrogens (tertiary/aromatic N) is 5. The number of carbonyl (C=O) groups is 1. The summed E-state index contributed by atoms with van der Waals surface area (Å²) >= 11 is 0. The molecule has 2 atom stereocenters. The fourth-order valence-electron chi connectivity index (χ4n) is 4.62. The number of hydrogen-bond donors (Lipinski definition) is 0. The maximum atomic E-state index is 13.1. The summed E-state index contributed by atoms with van der Waals surface area (Å²) in [4.78, 5) is 24.5. The van der Waals surface area contributed by atoms with Crippen LogP contribution in [0.3, 0.4) is 0 Å². The molecule has 0 spiro atoms. The Morgan fingerprint density at radius 1 is 1.19 bits per heavy atom. The summed E-state index contributed by atoms with van der Waals surface area (Å²) in [5, 5.41) is 1.13. The zero-order chi connectivity index (χ0) is 21.5. The van der Waals surface area contributed by atoms with Gasteiger partial charge in [0.15, 0.2) is 0 Å². The van der Waals surface area contributed by atoms with Crippen molar-refractivity contribution >= 4 is 25.4 Å². The number of pyridine rings is 1. The summed E-state index contributed by atoms with van der Waals surface area (Å²) in [5.74, 6) is 0.184. The van der Waals surface area contributed by atoms with Crippen LogP contribution >= 0.6 is 8.58 Å². The lowest BCUT2D eigenvalue weighted by Crippen LogP contribution is -2.38. The van der Waals surface area contributed by atoms with Crippen LogP contribution in [0.1, 0.15) is 30.2 Å². The van der Waals surface area contributed by atoms with Crippen molar-refractivity contribution in [2.24, 2.45) is 0 Å². The van der Waals surface area contributed by atoms with Gasteiger partial charge in [-0.3, -0.25) is 4.79 Å². The highest BCUT2D eigenvalue weighted by atomic mass is 31.1. The molecular formula is C24H30N5OP. The summed E-state index contributed by atoms with van der Waals surface area (Å²) in [6.07, 6.45) is 14.6. The van der Waals surface area contributed by atoms with E-state index in [9.17, 15) is 4.79 Å². The van der Waals surface area contributed by atoms with E-state index in [0.29, 0.717) is 8.58 Å². The molecule has 6 nitrogen and oxygen atoms in total. The van der Waals surface area contributed by atoms with Gasteiger partial charge in [-0.05, 0) is 61.9 Å². The highest BCUT2D eigenvalue weighted by Crippen LogP contribution is 2.45. The molecule has 1 amide bonds. The first kappa shape index (κ1) is 20.5. The molecule has 3 aliphatic rings. The number of amides is 1. The SMILES string of the molecule is CCc1cc(C2=CC(=O)N3C=C(N4CCCN(C)CC4)C=CC3P2)cn2cc(C)nc12. The lowest BCUT2D eigenvalue weighted by molar-refractivity contribution is -0.123. The Morgan fingerprint density at radius 2 is 2.06 bits per heavy atom. The quantitative estimate of drug-likeness (QED) is 0.693. The van der Waals surface area contributed by atoms with Gasteiger partial charge < -0.3 is 19.1 Å². The molecule has 3 aliphatic heterocycles. The van der Waals surface area contributed by atoms with E-state index >= 15 is 0 Å². The first-order valence-corrected chi connectivity index (χ1v) is 12.2. The molecule has 5 rings (SSSR count). The second-order valence-electron chi connectivity index (χ2n) is 8.67. The molecule has 7 heteroatoms. The number of imidazole rings is 1. The highest BCUT2D eigenvalue weighted by molar-refractivity contribution is 7.51. The molecule has 1 saturated heterocycles. The zero-order valence-corrected chi connectivity index (χ0v) is 19.5. The largest absolute Gasteiger partial charge is 0.369 e. The van der Waals surface area contributed by atoms with Crippen molar-refractivity contribution in [2.45, 2.75) is 32.5 Å². The fraction of sp³-hybridized carbons (Fsp3) is 0.417. The molecule has 2 unspecified atom stereocenters. The van der Waals surface area contributed by atoms with Crippen molar-refractivity contribution in [3.05, 3.63) is 65.4 Å². The fourth-order valence-corrected chi connectivity index (χ4v) is 5.99. The summed E-state index contributed by atoms with van der Waals surface area (Å²) in [5.41, 5.74) is 5.54. The molecule has 31 heavy (non-hydrogen) atoms. The monoisotopic (exact) mass is 435 g/mol. The van der Waals surface area contributed by atoms with Crippen molar-refractivity contribution in [3.63, 3.8) is 0 Å². The third-order valence-corrected chi connectivity index (χ3v) is 7.88. The number of carbonyl (C=O) groups excluding carboxylic acids is 1.